The summed E-state index contributed by atoms with van der Waals surface area (Å²) in [5.74, 6) is 1.49. The van der Waals surface area contributed by atoms with Crippen LogP contribution in [0.2, 0.25) is 0 Å². The highest BCUT2D eigenvalue weighted by molar-refractivity contribution is 7.29. The number of likely N-dealkylation sites (tertiary alicyclic amines) is 1. The molecule has 0 aromatic carbocycles. The number of carbonyl (C=O) groups is 1. The van der Waals surface area contributed by atoms with E-state index in [1.54, 1.807) is 22.7 Å². The van der Waals surface area contributed by atoms with Crippen molar-refractivity contribution < 1.29 is 4.79 Å². The Morgan fingerprint density at radius 1 is 1.30 bits per heavy atom. The number of nitrogens with zero attached hydrogens (tertiary/aromatic N) is 3. The summed E-state index contributed by atoms with van der Waals surface area (Å²) in [5.41, 5.74) is 0. The first-order valence-electron chi connectivity index (χ1n) is 8.34. The average molecular weight is 351 g/mol. The van der Waals surface area contributed by atoms with Gasteiger partial charge in [0, 0.05) is 39.3 Å². The van der Waals surface area contributed by atoms with E-state index < -0.39 is 0 Å². The summed E-state index contributed by atoms with van der Waals surface area (Å²) < 4.78 is 1.14. The van der Waals surface area contributed by atoms with Crippen molar-refractivity contribution in [2.75, 3.05) is 44.2 Å². The van der Waals surface area contributed by atoms with Crippen LogP contribution in [0.5, 0.6) is 0 Å². The van der Waals surface area contributed by atoms with Gasteiger partial charge in [0.15, 0.2) is 5.13 Å². The lowest BCUT2D eigenvalue weighted by Gasteiger charge is -2.17. The van der Waals surface area contributed by atoms with E-state index >= 15 is 0 Å². The maximum Gasteiger partial charge on any atom is 0.264 e. The molecule has 1 amide bonds. The van der Waals surface area contributed by atoms with E-state index in [1.165, 1.54) is 0 Å². The first-order chi connectivity index (χ1) is 11.2. The molecule has 2 saturated heterocycles. The second-order valence-electron chi connectivity index (χ2n) is 6.34. The molecule has 7 heteroatoms. The van der Waals surface area contributed by atoms with Gasteiger partial charge in [0.25, 0.3) is 5.91 Å². The molecular weight excluding hydrogens is 328 g/mol. The van der Waals surface area contributed by atoms with Crippen LogP contribution in [0.25, 0.3) is 9.53 Å². The van der Waals surface area contributed by atoms with E-state index in [-0.39, 0.29) is 5.91 Å². The van der Waals surface area contributed by atoms with Gasteiger partial charge >= 0.3 is 0 Å². The minimum atomic E-state index is 0.194. The lowest BCUT2D eigenvalue weighted by Crippen LogP contribution is -2.31. The van der Waals surface area contributed by atoms with Crippen molar-refractivity contribution in [3.05, 3.63) is 10.9 Å². The van der Waals surface area contributed by atoms with Crippen LogP contribution in [0.15, 0.2) is 6.07 Å². The van der Waals surface area contributed by atoms with Gasteiger partial charge in [-0.1, -0.05) is 11.3 Å². The Kier molecular flexibility index (Phi) is 4.03. The molecule has 2 aromatic rings. The Balaban J connectivity index is 1.53. The van der Waals surface area contributed by atoms with Gasteiger partial charge in [-0.2, -0.15) is 0 Å². The van der Waals surface area contributed by atoms with Crippen LogP contribution in [0.1, 0.15) is 23.5 Å². The SMILES string of the molecule is CCN(CC)c1nc2sc(C(=O)N3C[C@H]4CNC[C@H]4C3)cc2s1. The number of rotatable bonds is 4. The number of aromatic nitrogens is 1. The van der Waals surface area contributed by atoms with Gasteiger partial charge in [0.1, 0.15) is 4.83 Å². The zero-order chi connectivity index (χ0) is 16.0. The van der Waals surface area contributed by atoms with Crippen molar-refractivity contribution in [3.8, 4) is 0 Å². The Hall–Kier alpha value is -1.18. The number of nitrogens with one attached hydrogen (secondary N) is 1. The van der Waals surface area contributed by atoms with Crippen LogP contribution in [0.4, 0.5) is 5.13 Å². The highest BCUT2D eigenvalue weighted by atomic mass is 32.1. The minimum absolute atomic E-state index is 0.194. The highest BCUT2D eigenvalue weighted by Crippen LogP contribution is 2.36. The van der Waals surface area contributed by atoms with Gasteiger partial charge in [0.05, 0.1) is 9.58 Å². The molecule has 0 bridgehead atoms. The minimum Gasteiger partial charge on any atom is -0.349 e. The van der Waals surface area contributed by atoms with Gasteiger partial charge < -0.3 is 15.1 Å². The molecule has 4 rings (SSSR count). The maximum absolute atomic E-state index is 12.8. The number of hydrogen-bond donors (Lipinski definition) is 1. The second kappa shape index (κ2) is 6.03. The van der Waals surface area contributed by atoms with Crippen LogP contribution in [0.3, 0.4) is 0 Å². The van der Waals surface area contributed by atoms with Gasteiger partial charge in [-0.3, -0.25) is 4.79 Å². The van der Waals surface area contributed by atoms with E-state index in [1.807, 2.05) is 11.0 Å². The van der Waals surface area contributed by atoms with Crippen molar-refractivity contribution >= 4 is 43.2 Å². The fraction of sp³-hybridized carbons (Fsp3) is 0.625. The van der Waals surface area contributed by atoms with E-state index in [0.717, 1.165) is 58.8 Å². The van der Waals surface area contributed by atoms with Gasteiger partial charge in [-0.05, 0) is 31.7 Å². The zero-order valence-corrected chi connectivity index (χ0v) is 15.2. The van der Waals surface area contributed by atoms with Crippen LogP contribution in [0, 0.1) is 11.8 Å². The van der Waals surface area contributed by atoms with Crippen molar-refractivity contribution in [1.29, 1.82) is 0 Å². The monoisotopic (exact) mass is 350 g/mol. The predicted octanol–water partition coefficient (Wildman–Crippen LogP) is 2.50. The summed E-state index contributed by atoms with van der Waals surface area (Å²) in [6.45, 7) is 10.1. The number of hydrogen-bond acceptors (Lipinski definition) is 6. The summed E-state index contributed by atoms with van der Waals surface area (Å²) >= 11 is 3.24. The molecular formula is C16H22N4OS2. The van der Waals surface area contributed by atoms with E-state index in [9.17, 15) is 4.79 Å². The molecule has 0 spiro atoms. The molecule has 1 N–H and O–H groups in total. The van der Waals surface area contributed by atoms with Crippen molar-refractivity contribution in [3.63, 3.8) is 0 Å². The number of carbonyl (C=O) groups excluding carboxylic acids is 1. The zero-order valence-electron chi connectivity index (χ0n) is 13.5. The normalized spacial score (nSPS) is 23.7. The number of thiophene rings is 1. The molecule has 0 aliphatic carbocycles. The van der Waals surface area contributed by atoms with Gasteiger partial charge in [0.2, 0.25) is 0 Å². The average Bonchev–Trinajstić information content (AvgIpc) is 3.26. The summed E-state index contributed by atoms with van der Waals surface area (Å²) in [6, 6.07) is 2.04. The van der Waals surface area contributed by atoms with Crippen LogP contribution >= 0.6 is 22.7 Å². The molecule has 0 unspecified atom stereocenters. The molecule has 2 aromatic heterocycles. The Morgan fingerprint density at radius 2 is 2.00 bits per heavy atom. The largest absolute Gasteiger partial charge is 0.349 e. The first kappa shape index (κ1) is 15.4. The number of thiazole rings is 1. The Morgan fingerprint density at radius 3 is 2.61 bits per heavy atom. The van der Waals surface area contributed by atoms with Crippen LogP contribution in [-0.2, 0) is 0 Å². The molecule has 23 heavy (non-hydrogen) atoms. The maximum atomic E-state index is 12.8. The number of fused-ring (bicyclic) bond motifs is 2. The van der Waals surface area contributed by atoms with E-state index in [0.29, 0.717) is 11.8 Å². The summed E-state index contributed by atoms with van der Waals surface area (Å²) in [7, 11) is 0. The molecule has 5 nitrogen and oxygen atoms in total. The molecule has 2 atom stereocenters. The predicted molar refractivity (Wildman–Crippen MR) is 96.8 cm³/mol. The smallest absolute Gasteiger partial charge is 0.264 e. The summed E-state index contributed by atoms with van der Waals surface area (Å²) in [5, 5.41) is 4.49. The lowest BCUT2D eigenvalue weighted by atomic mass is 10.0. The van der Waals surface area contributed by atoms with Gasteiger partial charge in [-0.15, -0.1) is 11.3 Å². The van der Waals surface area contributed by atoms with E-state index in [2.05, 4.69) is 24.1 Å². The van der Waals surface area contributed by atoms with Crippen molar-refractivity contribution in [1.82, 2.24) is 15.2 Å². The van der Waals surface area contributed by atoms with Crippen LogP contribution in [-0.4, -0.2) is 55.1 Å². The third-order valence-corrected chi connectivity index (χ3v) is 7.21. The molecule has 124 valence electrons. The lowest BCUT2D eigenvalue weighted by molar-refractivity contribution is 0.0786. The molecule has 2 aliphatic rings. The molecule has 0 saturated carbocycles. The molecule has 2 fully saturated rings. The number of anilines is 1. The van der Waals surface area contributed by atoms with Crippen molar-refractivity contribution in [2.45, 2.75) is 13.8 Å². The second-order valence-corrected chi connectivity index (χ2v) is 8.38. The summed E-state index contributed by atoms with van der Waals surface area (Å²) in [6.07, 6.45) is 0. The third kappa shape index (κ3) is 2.64. The fourth-order valence-electron chi connectivity index (χ4n) is 3.64. The highest BCUT2D eigenvalue weighted by Gasteiger charge is 2.38. The topological polar surface area (TPSA) is 48.5 Å². The molecule has 4 heterocycles. The van der Waals surface area contributed by atoms with E-state index in [4.69, 9.17) is 4.98 Å². The summed E-state index contributed by atoms with van der Waals surface area (Å²) in [4.78, 5) is 23.6. The Labute approximate surface area is 144 Å². The van der Waals surface area contributed by atoms with Crippen LogP contribution < -0.4 is 10.2 Å². The van der Waals surface area contributed by atoms with Crippen molar-refractivity contribution in [2.24, 2.45) is 11.8 Å². The number of amides is 1. The Bertz CT molecular complexity index is 677. The molecule has 0 radical (unpaired) electrons. The standard InChI is InChI=1S/C16H22N4OS2/c1-3-19(4-2)16-18-14-12(23-16)5-13(22-14)15(21)20-8-10-6-17-7-11(10)9-20/h5,10-11,17H,3-4,6-9H2,1-2H3/t10-,11+. The third-order valence-electron chi connectivity index (χ3n) is 5.00. The first-order valence-corrected chi connectivity index (χ1v) is 9.98. The molecule has 2 aliphatic heterocycles. The quantitative estimate of drug-likeness (QED) is 0.920. The fourth-order valence-corrected chi connectivity index (χ4v) is 5.94. The van der Waals surface area contributed by atoms with Gasteiger partial charge in [-0.25, -0.2) is 4.98 Å².